The number of ether oxygens (including phenoxy) is 2. The van der Waals surface area contributed by atoms with E-state index in [1.807, 2.05) is 76.2 Å². The van der Waals surface area contributed by atoms with Gasteiger partial charge in [0.05, 0.1) is 7.11 Å². The van der Waals surface area contributed by atoms with Crippen LogP contribution in [0.15, 0.2) is 87.5 Å². The predicted molar refractivity (Wildman–Crippen MR) is 118 cm³/mol. The Hall–Kier alpha value is -2.72. The van der Waals surface area contributed by atoms with Gasteiger partial charge in [0.1, 0.15) is 27.8 Å². The van der Waals surface area contributed by atoms with Gasteiger partial charge >= 0.3 is 5.97 Å². The van der Waals surface area contributed by atoms with Crippen LogP contribution in [-0.2, 0) is 15.6 Å². The second-order valence-corrected chi connectivity index (χ2v) is 9.70. The molecule has 3 rings (SSSR count). The SMILES string of the molecule is COC(=O)c1c([S+](c2ccccc2)c2ccccc2)ccc(OC(C)(C)C)c1C. The molecule has 0 amide bonds. The number of carbonyl (C=O) groups is 1. The van der Waals surface area contributed by atoms with Crippen LogP contribution in [0.1, 0.15) is 36.7 Å². The van der Waals surface area contributed by atoms with Crippen molar-refractivity contribution in [3.8, 4) is 5.75 Å². The van der Waals surface area contributed by atoms with Crippen LogP contribution in [-0.4, -0.2) is 18.7 Å². The maximum atomic E-state index is 12.9. The smallest absolute Gasteiger partial charge is 0.343 e. The molecule has 0 spiro atoms. The van der Waals surface area contributed by atoms with E-state index in [-0.39, 0.29) is 11.6 Å². The summed E-state index contributed by atoms with van der Waals surface area (Å²) in [4.78, 5) is 16.1. The highest BCUT2D eigenvalue weighted by atomic mass is 32.2. The number of carbonyl (C=O) groups excluding carboxylic acids is 1. The summed E-state index contributed by atoms with van der Waals surface area (Å²) >= 11 is 0. The molecule has 4 heteroatoms. The summed E-state index contributed by atoms with van der Waals surface area (Å²) in [5.74, 6) is 0.354. The summed E-state index contributed by atoms with van der Waals surface area (Å²) in [5.41, 5.74) is 1.01. The highest BCUT2D eigenvalue weighted by Gasteiger charge is 2.35. The Kier molecular flexibility index (Phi) is 6.33. The number of hydrogen-bond acceptors (Lipinski definition) is 3. The summed E-state index contributed by atoms with van der Waals surface area (Å²) in [7, 11) is 0.976. The van der Waals surface area contributed by atoms with Crippen LogP contribution in [0.4, 0.5) is 0 Å². The van der Waals surface area contributed by atoms with Gasteiger partial charge in [-0.25, -0.2) is 4.79 Å². The Morgan fingerprint density at radius 3 is 1.79 bits per heavy atom. The van der Waals surface area contributed by atoms with Crippen LogP contribution < -0.4 is 4.74 Å². The molecule has 0 atom stereocenters. The van der Waals surface area contributed by atoms with Crippen molar-refractivity contribution in [1.82, 2.24) is 0 Å². The van der Waals surface area contributed by atoms with Gasteiger partial charge < -0.3 is 9.47 Å². The van der Waals surface area contributed by atoms with Gasteiger partial charge in [0, 0.05) is 5.56 Å². The zero-order valence-corrected chi connectivity index (χ0v) is 18.4. The van der Waals surface area contributed by atoms with E-state index < -0.39 is 10.9 Å². The first-order valence-corrected chi connectivity index (χ1v) is 10.8. The van der Waals surface area contributed by atoms with Crippen molar-refractivity contribution in [1.29, 1.82) is 0 Å². The van der Waals surface area contributed by atoms with E-state index in [2.05, 4.69) is 24.3 Å². The number of esters is 1. The Bertz CT molecular complexity index is 937. The molecule has 3 aromatic rings. The second-order valence-electron chi connectivity index (χ2n) is 7.70. The van der Waals surface area contributed by atoms with Crippen LogP contribution in [0.2, 0.25) is 0 Å². The first-order chi connectivity index (χ1) is 13.8. The third kappa shape index (κ3) is 4.83. The molecule has 0 saturated heterocycles. The molecule has 0 aromatic heterocycles. The fourth-order valence-electron chi connectivity index (χ4n) is 3.14. The molecule has 0 unspecified atom stereocenters. The van der Waals surface area contributed by atoms with Crippen LogP contribution in [0.5, 0.6) is 5.75 Å². The monoisotopic (exact) mass is 407 g/mol. The lowest BCUT2D eigenvalue weighted by Gasteiger charge is -2.24. The third-order valence-electron chi connectivity index (χ3n) is 4.36. The first kappa shape index (κ1) is 21.0. The standard InChI is InChI=1S/C25H27O3S/c1-18-21(28-25(2,3)4)16-17-22(23(18)24(26)27-5)29(19-12-8-6-9-13-19)20-14-10-7-11-15-20/h6-17H,1-5H3/q+1. The Morgan fingerprint density at radius 1 is 0.828 bits per heavy atom. The summed E-state index contributed by atoms with van der Waals surface area (Å²) in [6.45, 7) is 7.92. The molecule has 0 aliphatic rings. The van der Waals surface area contributed by atoms with E-state index in [1.54, 1.807) is 0 Å². The van der Waals surface area contributed by atoms with E-state index >= 15 is 0 Å². The molecule has 150 valence electrons. The van der Waals surface area contributed by atoms with Crippen molar-refractivity contribution in [2.45, 2.75) is 48.0 Å². The van der Waals surface area contributed by atoms with E-state index in [4.69, 9.17) is 9.47 Å². The van der Waals surface area contributed by atoms with E-state index in [9.17, 15) is 4.79 Å². The first-order valence-electron chi connectivity index (χ1n) is 9.57. The minimum atomic E-state index is -0.446. The highest BCUT2D eigenvalue weighted by Crippen LogP contribution is 2.38. The molecule has 3 aromatic carbocycles. The number of rotatable bonds is 5. The molecular formula is C25H27O3S+. The summed E-state index contributed by atoms with van der Waals surface area (Å²) in [6, 6.07) is 24.5. The third-order valence-corrected chi connectivity index (χ3v) is 6.63. The lowest BCUT2D eigenvalue weighted by atomic mass is 10.1. The second kappa shape index (κ2) is 8.75. The Balaban J connectivity index is 2.25. The molecule has 29 heavy (non-hydrogen) atoms. The summed E-state index contributed by atoms with van der Waals surface area (Å²) < 4.78 is 11.3. The number of benzene rings is 3. The van der Waals surface area contributed by atoms with Crippen molar-refractivity contribution in [2.24, 2.45) is 0 Å². The van der Waals surface area contributed by atoms with E-state index in [0.29, 0.717) is 11.3 Å². The average Bonchev–Trinajstić information content (AvgIpc) is 2.70. The van der Waals surface area contributed by atoms with Crippen molar-refractivity contribution in [3.05, 3.63) is 83.9 Å². The lowest BCUT2D eigenvalue weighted by Crippen LogP contribution is -2.24. The molecule has 0 aliphatic heterocycles. The van der Waals surface area contributed by atoms with Gasteiger partial charge in [0.15, 0.2) is 14.7 Å². The van der Waals surface area contributed by atoms with Crippen molar-refractivity contribution in [3.63, 3.8) is 0 Å². The fourth-order valence-corrected chi connectivity index (χ4v) is 5.42. The van der Waals surface area contributed by atoms with Gasteiger partial charge in [-0.05, 0) is 64.1 Å². The molecule has 0 N–H and O–H groups in total. The molecule has 0 bridgehead atoms. The predicted octanol–water partition coefficient (Wildman–Crippen LogP) is 6.05. The Morgan fingerprint density at radius 2 is 1.34 bits per heavy atom. The van der Waals surface area contributed by atoms with Crippen LogP contribution in [0, 0.1) is 6.92 Å². The molecule has 0 fully saturated rings. The zero-order valence-electron chi connectivity index (χ0n) is 17.6. The zero-order chi connectivity index (χ0) is 21.0. The minimum absolute atomic E-state index is 0.346. The van der Waals surface area contributed by atoms with Crippen molar-refractivity contribution < 1.29 is 14.3 Å². The van der Waals surface area contributed by atoms with E-state index in [0.717, 1.165) is 20.2 Å². The Labute approximate surface area is 176 Å². The molecule has 0 saturated carbocycles. The van der Waals surface area contributed by atoms with E-state index in [1.165, 1.54) is 7.11 Å². The van der Waals surface area contributed by atoms with Gasteiger partial charge in [0.25, 0.3) is 0 Å². The molecule has 0 heterocycles. The molecule has 3 nitrogen and oxygen atoms in total. The van der Waals surface area contributed by atoms with Crippen molar-refractivity contribution >= 4 is 16.9 Å². The van der Waals surface area contributed by atoms with Crippen LogP contribution in [0.3, 0.4) is 0 Å². The molecular weight excluding hydrogens is 380 g/mol. The van der Waals surface area contributed by atoms with Gasteiger partial charge in [-0.3, -0.25) is 0 Å². The number of hydrogen-bond donors (Lipinski definition) is 0. The normalized spacial score (nSPS) is 11.4. The van der Waals surface area contributed by atoms with Crippen molar-refractivity contribution in [2.75, 3.05) is 7.11 Å². The quantitative estimate of drug-likeness (QED) is 0.381. The molecule has 0 aliphatic carbocycles. The minimum Gasteiger partial charge on any atom is -0.488 e. The largest absolute Gasteiger partial charge is 0.488 e. The maximum Gasteiger partial charge on any atom is 0.343 e. The highest BCUT2D eigenvalue weighted by molar-refractivity contribution is 7.97. The van der Waals surface area contributed by atoms with Gasteiger partial charge in [-0.15, -0.1) is 0 Å². The van der Waals surface area contributed by atoms with Gasteiger partial charge in [-0.1, -0.05) is 36.4 Å². The molecule has 0 radical (unpaired) electrons. The van der Waals surface area contributed by atoms with Gasteiger partial charge in [-0.2, -0.15) is 0 Å². The topological polar surface area (TPSA) is 35.5 Å². The van der Waals surface area contributed by atoms with Crippen LogP contribution >= 0.6 is 0 Å². The number of methoxy groups -OCH3 is 1. The average molecular weight is 408 g/mol. The summed E-state index contributed by atoms with van der Waals surface area (Å²) in [5, 5.41) is 0. The maximum absolute atomic E-state index is 12.9. The summed E-state index contributed by atoms with van der Waals surface area (Å²) in [6.07, 6.45) is 0. The fraction of sp³-hybridized carbons (Fsp3) is 0.240. The van der Waals surface area contributed by atoms with Crippen LogP contribution in [0.25, 0.3) is 0 Å². The van der Waals surface area contributed by atoms with Gasteiger partial charge in [0.2, 0.25) is 0 Å². The lowest BCUT2D eigenvalue weighted by molar-refractivity contribution is 0.0593.